The Hall–Kier alpha value is -1.86. The van der Waals surface area contributed by atoms with Crippen LogP contribution in [0.4, 0.5) is 5.69 Å². The molecular formula is C17H26N2O4S. The zero-order valence-corrected chi connectivity index (χ0v) is 15.1. The lowest BCUT2D eigenvalue weighted by molar-refractivity contribution is -0.116. The molecule has 1 amide bonds. The topological polar surface area (TPSA) is 84.5 Å². The summed E-state index contributed by atoms with van der Waals surface area (Å²) >= 11 is 0. The number of hydrogen-bond donors (Lipinski definition) is 2. The maximum absolute atomic E-state index is 11.7. The molecule has 0 aliphatic carbocycles. The smallest absolute Gasteiger partial charge is 0.244 e. The maximum Gasteiger partial charge on any atom is 0.244 e. The van der Waals surface area contributed by atoms with Crippen LogP contribution >= 0.6 is 0 Å². The molecule has 0 bridgehead atoms. The zero-order chi connectivity index (χ0) is 17.8. The molecule has 0 saturated heterocycles. The number of rotatable bonds is 11. The van der Waals surface area contributed by atoms with Gasteiger partial charge in [-0.2, -0.15) is 0 Å². The molecule has 0 aromatic heterocycles. The van der Waals surface area contributed by atoms with Crippen LogP contribution in [-0.2, 0) is 19.6 Å². The predicted octanol–water partition coefficient (Wildman–Crippen LogP) is 2.39. The molecule has 2 N–H and O–H groups in total. The summed E-state index contributed by atoms with van der Waals surface area (Å²) in [5.74, 6) is -0.165. The van der Waals surface area contributed by atoms with E-state index in [9.17, 15) is 13.2 Å². The third-order valence-electron chi connectivity index (χ3n) is 3.05. The molecular weight excluding hydrogens is 328 g/mol. The molecule has 1 aromatic carbocycles. The van der Waals surface area contributed by atoms with Gasteiger partial charge in [0.05, 0.1) is 6.26 Å². The van der Waals surface area contributed by atoms with Crippen LogP contribution in [0.1, 0.15) is 31.7 Å². The molecule has 0 spiro atoms. The molecule has 0 aliphatic rings. The Morgan fingerprint density at radius 3 is 2.46 bits per heavy atom. The highest BCUT2D eigenvalue weighted by Crippen LogP contribution is 2.11. The van der Waals surface area contributed by atoms with Gasteiger partial charge in [-0.1, -0.05) is 25.5 Å². The molecule has 24 heavy (non-hydrogen) atoms. The predicted molar refractivity (Wildman–Crippen MR) is 97.3 cm³/mol. The number of amides is 1. The highest BCUT2D eigenvalue weighted by Gasteiger charge is 2.01. The minimum Gasteiger partial charge on any atom is -0.381 e. The second kappa shape index (κ2) is 10.8. The number of hydrogen-bond acceptors (Lipinski definition) is 4. The quantitative estimate of drug-likeness (QED) is 0.472. The number of unbranched alkanes of at least 4 members (excludes halogenated alkanes) is 1. The maximum atomic E-state index is 11.7. The molecule has 134 valence electrons. The first-order chi connectivity index (χ1) is 11.4. The van der Waals surface area contributed by atoms with Crippen LogP contribution in [0.15, 0.2) is 30.3 Å². The van der Waals surface area contributed by atoms with Gasteiger partial charge in [0.25, 0.3) is 0 Å². The molecule has 1 aromatic rings. The van der Waals surface area contributed by atoms with E-state index < -0.39 is 10.0 Å². The first-order valence-corrected chi connectivity index (χ1v) is 9.91. The molecule has 7 heteroatoms. The van der Waals surface area contributed by atoms with Crippen molar-refractivity contribution in [2.24, 2.45) is 0 Å². The van der Waals surface area contributed by atoms with Crippen molar-refractivity contribution in [2.75, 3.05) is 30.7 Å². The van der Waals surface area contributed by atoms with Gasteiger partial charge in [-0.3, -0.25) is 9.52 Å². The lowest BCUT2D eigenvalue weighted by Gasteiger charge is -2.04. The van der Waals surface area contributed by atoms with E-state index in [0.717, 1.165) is 37.7 Å². The van der Waals surface area contributed by atoms with E-state index >= 15 is 0 Å². The standard InChI is InChI=1S/C17H26N2O4S/c1-3-4-13-23-14-5-12-18-17(20)11-8-15-6-9-16(10-7-15)19-24(2,21)22/h6-11,19H,3-5,12-14H2,1-2H3,(H,18,20)/b11-8+. The molecule has 0 unspecified atom stereocenters. The Balaban J connectivity index is 2.28. The van der Waals surface area contributed by atoms with Crippen LogP contribution in [0.2, 0.25) is 0 Å². The number of sulfonamides is 1. The normalized spacial score (nSPS) is 11.6. The lowest BCUT2D eigenvalue weighted by Crippen LogP contribution is -2.23. The number of nitrogens with one attached hydrogen (secondary N) is 2. The summed E-state index contributed by atoms with van der Waals surface area (Å²) in [6.07, 6.45) is 7.20. The van der Waals surface area contributed by atoms with Crippen LogP contribution in [0, 0.1) is 0 Å². The largest absolute Gasteiger partial charge is 0.381 e. The van der Waals surface area contributed by atoms with Crippen LogP contribution in [-0.4, -0.2) is 40.3 Å². The van der Waals surface area contributed by atoms with Gasteiger partial charge >= 0.3 is 0 Å². The van der Waals surface area contributed by atoms with Crippen molar-refractivity contribution in [1.82, 2.24) is 5.32 Å². The zero-order valence-electron chi connectivity index (χ0n) is 14.2. The van der Waals surface area contributed by atoms with E-state index in [1.165, 1.54) is 6.08 Å². The highest BCUT2D eigenvalue weighted by molar-refractivity contribution is 7.92. The second-order valence-corrected chi connectivity index (χ2v) is 7.19. The summed E-state index contributed by atoms with van der Waals surface area (Å²) in [6.45, 7) is 4.12. The van der Waals surface area contributed by atoms with E-state index in [1.54, 1.807) is 30.3 Å². The highest BCUT2D eigenvalue weighted by atomic mass is 32.2. The third kappa shape index (κ3) is 10.0. The van der Waals surface area contributed by atoms with Gasteiger partial charge in [-0.15, -0.1) is 0 Å². The van der Waals surface area contributed by atoms with E-state index in [0.29, 0.717) is 18.8 Å². The van der Waals surface area contributed by atoms with Crippen LogP contribution in [0.3, 0.4) is 0 Å². The molecule has 0 radical (unpaired) electrons. The van der Waals surface area contributed by atoms with Gasteiger partial charge in [0.1, 0.15) is 0 Å². The van der Waals surface area contributed by atoms with Crippen molar-refractivity contribution < 1.29 is 17.9 Å². The molecule has 0 heterocycles. The van der Waals surface area contributed by atoms with Gasteiger partial charge in [0.15, 0.2) is 0 Å². The molecule has 1 rings (SSSR count). The van der Waals surface area contributed by atoms with Crippen molar-refractivity contribution in [2.45, 2.75) is 26.2 Å². The summed E-state index contributed by atoms with van der Waals surface area (Å²) in [6, 6.07) is 6.76. The number of benzene rings is 1. The molecule has 0 saturated carbocycles. The molecule has 6 nitrogen and oxygen atoms in total. The van der Waals surface area contributed by atoms with Crippen LogP contribution < -0.4 is 10.0 Å². The van der Waals surface area contributed by atoms with E-state index in [1.807, 2.05) is 0 Å². The minimum atomic E-state index is -3.28. The fraction of sp³-hybridized carbons (Fsp3) is 0.471. The van der Waals surface area contributed by atoms with E-state index in [2.05, 4.69) is 17.0 Å². The molecule has 0 fully saturated rings. The third-order valence-corrected chi connectivity index (χ3v) is 3.65. The average molecular weight is 354 g/mol. The molecule has 0 aliphatic heterocycles. The summed E-state index contributed by atoms with van der Waals surface area (Å²) in [4.78, 5) is 11.7. The Morgan fingerprint density at radius 2 is 1.83 bits per heavy atom. The van der Waals surface area contributed by atoms with Crippen LogP contribution in [0.25, 0.3) is 6.08 Å². The number of ether oxygens (including phenoxy) is 1. The first kappa shape index (κ1) is 20.2. The summed E-state index contributed by atoms with van der Waals surface area (Å²) in [7, 11) is -3.28. The van der Waals surface area contributed by atoms with Crippen molar-refractivity contribution in [3.05, 3.63) is 35.9 Å². The number of carbonyl (C=O) groups excluding carboxylic acids is 1. The van der Waals surface area contributed by atoms with E-state index in [4.69, 9.17) is 4.74 Å². The fourth-order valence-corrected chi connectivity index (χ4v) is 2.41. The molecule has 0 atom stereocenters. The Bertz CT molecular complexity index is 624. The monoisotopic (exact) mass is 354 g/mol. The Morgan fingerprint density at radius 1 is 1.17 bits per heavy atom. The SMILES string of the molecule is CCCCOCCCNC(=O)/C=C/c1ccc(NS(C)(=O)=O)cc1. The minimum absolute atomic E-state index is 0.165. The summed E-state index contributed by atoms with van der Waals surface area (Å²) in [5, 5.41) is 2.79. The Labute approximate surface area is 144 Å². The first-order valence-electron chi connectivity index (χ1n) is 8.02. The van der Waals surface area contributed by atoms with Crippen molar-refractivity contribution in [3.63, 3.8) is 0 Å². The lowest BCUT2D eigenvalue weighted by atomic mass is 10.2. The number of anilines is 1. The van der Waals surface area contributed by atoms with Crippen molar-refractivity contribution >= 4 is 27.7 Å². The second-order valence-electron chi connectivity index (χ2n) is 5.44. The summed E-state index contributed by atoms with van der Waals surface area (Å²) in [5.41, 5.74) is 1.30. The average Bonchev–Trinajstić information content (AvgIpc) is 2.52. The fourth-order valence-electron chi connectivity index (χ4n) is 1.84. The van der Waals surface area contributed by atoms with Gasteiger partial charge in [-0.05, 0) is 36.6 Å². The number of carbonyl (C=O) groups is 1. The van der Waals surface area contributed by atoms with Crippen molar-refractivity contribution in [1.29, 1.82) is 0 Å². The Kier molecular flexibility index (Phi) is 9.11. The van der Waals surface area contributed by atoms with Gasteiger partial charge < -0.3 is 10.1 Å². The van der Waals surface area contributed by atoms with Crippen LogP contribution in [0.5, 0.6) is 0 Å². The van der Waals surface area contributed by atoms with Crippen molar-refractivity contribution in [3.8, 4) is 0 Å². The van der Waals surface area contributed by atoms with E-state index in [-0.39, 0.29) is 5.91 Å². The summed E-state index contributed by atoms with van der Waals surface area (Å²) < 4.78 is 30.0. The van der Waals surface area contributed by atoms with Gasteiger partial charge in [0, 0.05) is 31.5 Å². The van der Waals surface area contributed by atoms with Gasteiger partial charge in [0.2, 0.25) is 15.9 Å². The van der Waals surface area contributed by atoms with Gasteiger partial charge in [-0.25, -0.2) is 8.42 Å².